The Morgan fingerprint density at radius 3 is 2.43 bits per heavy atom. The number of alkyl carbamates (subject to hydrolysis) is 1. The van der Waals surface area contributed by atoms with E-state index in [0.29, 0.717) is 50.1 Å². The van der Waals surface area contributed by atoms with E-state index >= 15 is 0 Å². The van der Waals surface area contributed by atoms with Gasteiger partial charge in [0.2, 0.25) is 21.8 Å². The van der Waals surface area contributed by atoms with E-state index in [1.807, 2.05) is 65.7 Å². The number of carbonyl (C=O) groups is 4. The van der Waals surface area contributed by atoms with Crippen molar-refractivity contribution >= 4 is 44.7 Å². The topological polar surface area (TPSA) is 184 Å². The molecule has 2 aliphatic carbocycles. The highest BCUT2D eigenvalue weighted by atomic mass is 32.2. The molecule has 0 unspecified atom stereocenters. The lowest BCUT2D eigenvalue weighted by Crippen LogP contribution is -2.53. The van der Waals surface area contributed by atoms with Crippen molar-refractivity contribution in [3.8, 4) is 11.7 Å². The summed E-state index contributed by atoms with van der Waals surface area (Å²) in [5.41, 5.74) is 1.14. The monoisotopic (exact) mass is 863 g/mol. The molecule has 3 fully saturated rings. The van der Waals surface area contributed by atoms with Gasteiger partial charge >= 0.3 is 6.09 Å². The zero-order valence-electron chi connectivity index (χ0n) is 36.2. The van der Waals surface area contributed by atoms with Crippen LogP contribution in [0.4, 0.5) is 4.79 Å². The van der Waals surface area contributed by atoms with Crippen LogP contribution in [0.3, 0.4) is 0 Å². The number of para-hydroxylation sites is 1. The van der Waals surface area contributed by atoms with Gasteiger partial charge < -0.3 is 19.7 Å². The Kier molecular flexibility index (Phi) is 12.9. The van der Waals surface area contributed by atoms with E-state index in [2.05, 4.69) is 23.9 Å². The van der Waals surface area contributed by atoms with Gasteiger partial charge in [0.05, 0.1) is 39.6 Å². The maximum Gasteiger partial charge on any atom is 0.408 e. The average molecular weight is 864 g/mol. The largest absolute Gasteiger partial charge is 0.459 e. The van der Waals surface area contributed by atoms with Crippen molar-refractivity contribution in [1.82, 2.24) is 34.3 Å². The summed E-state index contributed by atoms with van der Waals surface area (Å²) in [6.45, 7) is 15.1. The van der Waals surface area contributed by atoms with E-state index in [1.54, 1.807) is 27.7 Å². The number of fused-ring (bicyclic) bond motifs is 3. The Morgan fingerprint density at radius 2 is 1.77 bits per heavy atom. The number of rotatable bonds is 9. The second-order valence-electron chi connectivity index (χ2n) is 19.1. The number of ether oxygens (including phenoxy) is 2. The Labute approximate surface area is 360 Å². The summed E-state index contributed by atoms with van der Waals surface area (Å²) in [6.07, 6.45) is 8.74. The van der Waals surface area contributed by atoms with Gasteiger partial charge in [-0.2, -0.15) is 10.1 Å². The Balaban J connectivity index is 0.00000622. The molecule has 5 atom stereocenters. The SMILES string of the molecule is C.CC(C)c1ccn(-c2cccc3c2nc(O[C@@H]2C[C@H]4C(=O)C[C@]5(C(=O)NS(=O)(=O)C6(C)CC6)C[C@H]5/C=C\CCCCC[C@H](NC(=O)OC(C)(C)C)C(=O)N4C2)n3C(C)C)n1. The lowest BCUT2D eigenvalue weighted by atomic mass is 9.91. The number of carbonyl (C=O) groups excluding carboxylic acids is 4. The third kappa shape index (κ3) is 9.53. The minimum absolute atomic E-state index is 0. The molecular formula is C45H65N7O8S. The number of allylic oxidation sites excluding steroid dienone is 2. The standard InChI is InChI=1S/C44H61N7O8S.CH4/c1-27(2)31-19-22-50(47-31)33-17-14-18-34-37(33)46-40(51(34)28(3)4)58-30-23-35-36(52)25-44(39(54)48-60(56,57)43(8)20-21-43)24-29(44)15-12-10-9-11-13-16-32(38(53)49(35)26-30)45-41(55)59-42(5,6)7;/h12,14-15,17-19,22,27-30,32,35H,9-11,13,16,20-21,23-26H2,1-8H3,(H,45,55)(H,48,54);1H4/b15-12-;/t29-,30-,32+,35+,44-;/m1./s1. The van der Waals surface area contributed by atoms with Crippen LogP contribution in [0.15, 0.2) is 42.6 Å². The van der Waals surface area contributed by atoms with Crippen LogP contribution in [0.1, 0.15) is 145 Å². The zero-order valence-corrected chi connectivity index (χ0v) is 37.0. The number of hydrogen-bond acceptors (Lipinski definition) is 10. The fourth-order valence-electron chi connectivity index (χ4n) is 8.51. The predicted molar refractivity (Wildman–Crippen MR) is 233 cm³/mol. The van der Waals surface area contributed by atoms with Gasteiger partial charge in [-0.05, 0) is 110 Å². The summed E-state index contributed by atoms with van der Waals surface area (Å²) >= 11 is 0. The smallest absolute Gasteiger partial charge is 0.408 e. The van der Waals surface area contributed by atoms with Crippen LogP contribution in [0.5, 0.6) is 6.01 Å². The molecule has 2 N–H and O–H groups in total. The summed E-state index contributed by atoms with van der Waals surface area (Å²) in [5, 5.41) is 7.59. The van der Waals surface area contributed by atoms with E-state index < -0.39 is 61.9 Å². The number of hydrogen-bond donors (Lipinski definition) is 2. The van der Waals surface area contributed by atoms with E-state index in [0.717, 1.165) is 29.7 Å². The highest BCUT2D eigenvalue weighted by molar-refractivity contribution is 7.91. The van der Waals surface area contributed by atoms with Crippen LogP contribution in [-0.2, 0) is 29.1 Å². The molecule has 0 bridgehead atoms. The second kappa shape index (κ2) is 17.2. The molecule has 2 aliphatic heterocycles. The predicted octanol–water partition coefficient (Wildman–Crippen LogP) is 7.29. The number of imidazole rings is 1. The summed E-state index contributed by atoms with van der Waals surface area (Å²) in [7, 11) is -3.96. The van der Waals surface area contributed by atoms with Crippen LogP contribution in [0, 0.1) is 11.3 Å². The molecule has 4 heterocycles. The number of sulfonamides is 1. The molecule has 2 saturated carbocycles. The van der Waals surface area contributed by atoms with Crippen LogP contribution in [-0.4, -0.2) is 91.4 Å². The number of ketones is 1. The lowest BCUT2D eigenvalue weighted by Gasteiger charge is -2.30. The summed E-state index contributed by atoms with van der Waals surface area (Å²) < 4.78 is 44.0. The number of benzene rings is 1. The maximum absolute atomic E-state index is 14.7. The molecule has 0 spiro atoms. The van der Waals surface area contributed by atoms with Crippen molar-refractivity contribution < 1.29 is 37.1 Å². The van der Waals surface area contributed by atoms with E-state index in [-0.39, 0.29) is 50.5 Å². The van der Waals surface area contributed by atoms with Gasteiger partial charge in [-0.3, -0.25) is 23.7 Å². The molecule has 15 nitrogen and oxygen atoms in total. The molecule has 4 aliphatic rings. The molecule has 334 valence electrons. The van der Waals surface area contributed by atoms with E-state index in [4.69, 9.17) is 19.6 Å². The fourth-order valence-corrected chi connectivity index (χ4v) is 9.85. The molecule has 3 aromatic rings. The van der Waals surface area contributed by atoms with Crippen molar-refractivity contribution in [2.75, 3.05) is 6.54 Å². The molecule has 3 amide bonds. The van der Waals surface area contributed by atoms with Crippen molar-refractivity contribution in [3.63, 3.8) is 0 Å². The maximum atomic E-state index is 14.7. The minimum Gasteiger partial charge on any atom is -0.459 e. The first-order valence-corrected chi connectivity index (χ1v) is 23.0. The highest BCUT2D eigenvalue weighted by Crippen LogP contribution is 2.57. The average Bonchev–Trinajstić information content (AvgIpc) is 3.82. The van der Waals surface area contributed by atoms with Gasteiger partial charge in [-0.1, -0.05) is 52.3 Å². The van der Waals surface area contributed by atoms with Crippen LogP contribution in [0.2, 0.25) is 0 Å². The minimum atomic E-state index is -3.96. The van der Waals surface area contributed by atoms with Gasteiger partial charge in [-0.15, -0.1) is 0 Å². The van der Waals surface area contributed by atoms with Gasteiger partial charge in [0, 0.05) is 25.1 Å². The van der Waals surface area contributed by atoms with Crippen molar-refractivity contribution in [3.05, 3.63) is 48.3 Å². The molecule has 7 rings (SSSR count). The summed E-state index contributed by atoms with van der Waals surface area (Å²) in [4.78, 5) is 63.1. The Morgan fingerprint density at radius 1 is 1.03 bits per heavy atom. The van der Waals surface area contributed by atoms with Gasteiger partial charge in [0.25, 0.3) is 6.01 Å². The van der Waals surface area contributed by atoms with Crippen LogP contribution in [0.25, 0.3) is 16.7 Å². The molecule has 2 aromatic heterocycles. The number of nitrogens with one attached hydrogen (secondary N) is 2. The summed E-state index contributed by atoms with van der Waals surface area (Å²) in [6, 6.07) is 6.09. The number of nitrogens with zero attached hydrogens (tertiary/aromatic N) is 5. The molecule has 1 aromatic carbocycles. The first-order valence-electron chi connectivity index (χ1n) is 21.5. The van der Waals surface area contributed by atoms with Crippen molar-refractivity contribution in [2.24, 2.45) is 11.3 Å². The lowest BCUT2D eigenvalue weighted by molar-refractivity contribution is -0.140. The third-order valence-electron chi connectivity index (χ3n) is 12.4. The molecule has 61 heavy (non-hydrogen) atoms. The van der Waals surface area contributed by atoms with E-state index in [9.17, 15) is 27.6 Å². The Hall–Kier alpha value is -4.73. The fraction of sp³-hybridized carbons (Fsp3) is 0.644. The second-order valence-corrected chi connectivity index (χ2v) is 21.3. The van der Waals surface area contributed by atoms with Crippen molar-refractivity contribution in [2.45, 2.75) is 168 Å². The summed E-state index contributed by atoms with van der Waals surface area (Å²) in [5.74, 6) is -1.61. The molecule has 1 saturated heterocycles. The highest BCUT2D eigenvalue weighted by Gasteiger charge is 2.62. The third-order valence-corrected chi connectivity index (χ3v) is 14.6. The number of aromatic nitrogens is 4. The van der Waals surface area contributed by atoms with Gasteiger partial charge in [-0.25, -0.2) is 17.9 Å². The molecule has 16 heteroatoms. The first-order chi connectivity index (χ1) is 28.2. The number of Topliss-reactive ketones (excluding diaryl/α,β-unsaturated/α-hetero) is 1. The quantitative estimate of drug-likeness (QED) is 0.207. The Bertz CT molecular complexity index is 2280. The molecule has 0 radical (unpaired) electrons. The molecular weight excluding hydrogens is 799 g/mol. The number of amides is 3. The zero-order chi connectivity index (χ0) is 43.4. The van der Waals surface area contributed by atoms with Crippen LogP contribution < -0.4 is 14.8 Å². The van der Waals surface area contributed by atoms with Gasteiger partial charge in [0.1, 0.15) is 23.3 Å². The first kappa shape index (κ1) is 45.8. The van der Waals surface area contributed by atoms with Crippen molar-refractivity contribution in [1.29, 1.82) is 0 Å². The normalized spacial score (nSPS) is 26.1. The van der Waals surface area contributed by atoms with Gasteiger partial charge in [0.15, 0.2) is 5.78 Å². The van der Waals surface area contributed by atoms with E-state index in [1.165, 1.54) is 4.90 Å². The van der Waals surface area contributed by atoms with Crippen LogP contribution >= 0.6 is 0 Å².